The minimum absolute atomic E-state index is 0.449. The van der Waals surface area contributed by atoms with Crippen LogP contribution in [0.1, 0.15) is 6.92 Å². The Hall–Kier alpha value is -0.320. The van der Waals surface area contributed by atoms with Crippen molar-refractivity contribution in [2.75, 3.05) is 35.3 Å². The fourth-order valence-electron chi connectivity index (χ4n) is 1.88. The summed E-state index contributed by atoms with van der Waals surface area (Å²) in [4.78, 5) is 6.75. The van der Waals surface area contributed by atoms with Gasteiger partial charge in [-0.2, -0.15) is 11.8 Å². The number of nitrogens with zero attached hydrogens (tertiary/aromatic N) is 2. The van der Waals surface area contributed by atoms with Crippen molar-refractivity contribution in [1.82, 2.24) is 4.98 Å². The number of hydrogen-bond donors (Lipinski definition) is 1. The van der Waals surface area contributed by atoms with Gasteiger partial charge in [-0.1, -0.05) is 23.2 Å². The van der Waals surface area contributed by atoms with E-state index in [4.69, 9.17) is 23.2 Å². The Kier molecular flexibility index (Phi) is 4.28. The highest BCUT2D eigenvalue weighted by Gasteiger charge is 2.23. The van der Waals surface area contributed by atoms with Crippen LogP contribution >= 0.6 is 35.0 Å². The number of rotatable bonds is 2. The van der Waals surface area contributed by atoms with Gasteiger partial charge in [0.15, 0.2) is 0 Å². The molecule has 0 bridgehead atoms. The molecule has 1 saturated heterocycles. The maximum Gasteiger partial charge on any atom is 0.150 e. The molecule has 0 radical (unpaired) electrons. The van der Waals surface area contributed by atoms with Gasteiger partial charge in [-0.3, -0.25) is 0 Å². The third-order valence-electron chi connectivity index (χ3n) is 2.79. The Morgan fingerprint density at radius 2 is 2.24 bits per heavy atom. The fourth-order valence-corrected chi connectivity index (χ4v) is 3.45. The van der Waals surface area contributed by atoms with Crippen molar-refractivity contribution in [2.24, 2.45) is 0 Å². The molecule has 2 rings (SSSR count). The molecule has 94 valence electrons. The summed E-state index contributed by atoms with van der Waals surface area (Å²) in [5.41, 5.74) is 0. The molecule has 0 amide bonds. The first-order valence-corrected chi connectivity index (χ1v) is 7.42. The Morgan fingerprint density at radius 3 is 2.88 bits per heavy atom. The molecule has 1 atom stereocenters. The number of aromatic nitrogens is 1. The molecule has 1 unspecified atom stereocenters. The molecule has 17 heavy (non-hydrogen) atoms. The molecule has 6 heteroatoms. The van der Waals surface area contributed by atoms with Gasteiger partial charge in [-0.05, 0) is 13.0 Å². The van der Waals surface area contributed by atoms with E-state index in [9.17, 15) is 0 Å². The summed E-state index contributed by atoms with van der Waals surface area (Å²) in [6.07, 6.45) is 0. The average molecular weight is 292 g/mol. The van der Waals surface area contributed by atoms with Crippen LogP contribution in [0.4, 0.5) is 11.6 Å². The largest absolute Gasteiger partial charge is 0.372 e. The first-order valence-electron chi connectivity index (χ1n) is 5.51. The van der Waals surface area contributed by atoms with Gasteiger partial charge in [-0.25, -0.2) is 4.98 Å². The highest BCUT2D eigenvalue weighted by Crippen LogP contribution is 2.33. The van der Waals surface area contributed by atoms with Crippen LogP contribution in [0, 0.1) is 0 Å². The Morgan fingerprint density at radius 1 is 1.47 bits per heavy atom. The maximum atomic E-state index is 6.23. The predicted octanol–water partition coefficient (Wildman–Crippen LogP) is 3.37. The van der Waals surface area contributed by atoms with Gasteiger partial charge < -0.3 is 10.2 Å². The van der Waals surface area contributed by atoms with Crippen LogP contribution in [0.25, 0.3) is 0 Å². The van der Waals surface area contributed by atoms with Crippen molar-refractivity contribution in [3.05, 3.63) is 16.1 Å². The van der Waals surface area contributed by atoms with Crippen molar-refractivity contribution in [1.29, 1.82) is 0 Å². The second-order valence-electron chi connectivity index (χ2n) is 3.99. The molecular formula is C11H15Cl2N3S. The zero-order valence-electron chi connectivity index (χ0n) is 9.83. The highest BCUT2D eigenvalue weighted by atomic mass is 35.5. The molecular weight excluding hydrogens is 277 g/mol. The summed E-state index contributed by atoms with van der Waals surface area (Å²) in [5.74, 6) is 3.72. The smallest absolute Gasteiger partial charge is 0.150 e. The van der Waals surface area contributed by atoms with Crippen LogP contribution in [-0.2, 0) is 0 Å². The lowest BCUT2D eigenvalue weighted by molar-refractivity contribution is 0.690. The summed E-state index contributed by atoms with van der Waals surface area (Å²) < 4.78 is 0. The van der Waals surface area contributed by atoms with Crippen molar-refractivity contribution in [3.8, 4) is 0 Å². The first kappa shape index (κ1) is 13.1. The molecule has 1 aliphatic heterocycles. The van der Waals surface area contributed by atoms with Crippen LogP contribution in [0.2, 0.25) is 10.0 Å². The van der Waals surface area contributed by atoms with Crippen LogP contribution in [-0.4, -0.2) is 36.1 Å². The Labute approximate surface area is 116 Å². The van der Waals surface area contributed by atoms with Gasteiger partial charge in [-0.15, -0.1) is 0 Å². The molecule has 0 spiro atoms. The second kappa shape index (κ2) is 5.55. The second-order valence-corrected chi connectivity index (χ2v) is 5.96. The van der Waals surface area contributed by atoms with Crippen LogP contribution in [0.3, 0.4) is 0 Å². The van der Waals surface area contributed by atoms with E-state index < -0.39 is 0 Å². The quantitative estimate of drug-likeness (QED) is 0.904. The lowest BCUT2D eigenvalue weighted by Gasteiger charge is -2.34. The molecule has 1 aromatic rings. The van der Waals surface area contributed by atoms with Crippen molar-refractivity contribution < 1.29 is 0 Å². The van der Waals surface area contributed by atoms with E-state index in [1.807, 2.05) is 11.8 Å². The molecule has 1 aromatic heterocycles. The lowest BCUT2D eigenvalue weighted by Crippen LogP contribution is -2.41. The van der Waals surface area contributed by atoms with E-state index in [1.54, 1.807) is 13.1 Å². The topological polar surface area (TPSA) is 28.2 Å². The number of pyridine rings is 1. The first-order chi connectivity index (χ1) is 8.13. The summed E-state index contributed by atoms with van der Waals surface area (Å²) >= 11 is 14.2. The minimum Gasteiger partial charge on any atom is -0.372 e. The maximum absolute atomic E-state index is 6.23. The molecule has 3 nitrogen and oxygen atoms in total. The predicted molar refractivity (Wildman–Crippen MR) is 77.9 cm³/mol. The van der Waals surface area contributed by atoms with E-state index in [2.05, 4.69) is 22.1 Å². The van der Waals surface area contributed by atoms with Crippen molar-refractivity contribution in [3.63, 3.8) is 0 Å². The van der Waals surface area contributed by atoms with Gasteiger partial charge in [0.1, 0.15) is 11.6 Å². The van der Waals surface area contributed by atoms with Gasteiger partial charge in [0, 0.05) is 31.1 Å². The molecule has 1 fully saturated rings. The molecule has 1 aliphatic rings. The molecule has 0 aromatic carbocycles. The van der Waals surface area contributed by atoms with Crippen LogP contribution < -0.4 is 10.2 Å². The summed E-state index contributed by atoms with van der Waals surface area (Å²) in [5, 5.41) is 4.16. The Balaban J connectivity index is 2.36. The lowest BCUT2D eigenvalue weighted by atomic mass is 10.3. The average Bonchev–Trinajstić information content (AvgIpc) is 2.31. The van der Waals surface area contributed by atoms with Gasteiger partial charge in [0.2, 0.25) is 0 Å². The van der Waals surface area contributed by atoms with E-state index >= 15 is 0 Å². The molecule has 0 aliphatic carbocycles. The third-order valence-corrected chi connectivity index (χ3v) is 4.54. The van der Waals surface area contributed by atoms with Crippen LogP contribution in [0.5, 0.6) is 0 Å². The molecule has 1 N–H and O–H groups in total. The molecule has 2 heterocycles. The van der Waals surface area contributed by atoms with Crippen molar-refractivity contribution in [2.45, 2.75) is 13.0 Å². The standard InChI is InChI=1S/C11H15Cl2N3S/c1-7-6-17-4-3-16(7)11-9(13)5-8(12)10(14-2)15-11/h5,7H,3-4,6H2,1-2H3,(H,14,15). The summed E-state index contributed by atoms with van der Waals surface area (Å²) in [6, 6.07) is 2.20. The minimum atomic E-state index is 0.449. The summed E-state index contributed by atoms with van der Waals surface area (Å²) in [7, 11) is 1.81. The number of hydrogen-bond acceptors (Lipinski definition) is 4. The fraction of sp³-hybridized carbons (Fsp3) is 0.545. The number of thioether (sulfide) groups is 1. The number of anilines is 2. The summed E-state index contributed by atoms with van der Waals surface area (Å²) in [6.45, 7) is 3.17. The van der Waals surface area contributed by atoms with E-state index in [-0.39, 0.29) is 0 Å². The van der Waals surface area contributed by atoms with E-state index in [0.717, 1.165) is 23.9 Å². The monoisotopic (exact) mass is 291 g/mol. The number of halogens is 2. The zero-order valence-corrected chi connectivity index (χ0v) is 12.2. The van der Waals surface area contributed by atoms with Crippen molar-refractivity contribution >= 4 is 46.6 Å². The normalized spacial score (nSPS) is 20.5. The zero-order chi connectivity index (χ0) is 12.4. The van der Waals surface area contributed by atoms with E-state index in [0.29, 0.717) is 21.9 Å². The Bertz CT molecular complexity index is 414. The van der Waals surface area contributed by atoms with Gasteiger partial charge >= 0.3 is 0 Å². The van der Waals surface area contributed by atoms with E-state index in [1.165, 1.54) is 0 Å². The molecule has 0 saturated carbocycles. The van der Waals surface area contributed by atoms with Gasteiger partial charge in [0.05, 0.1) is 10.0 Å². The van der Waals surface area contributed by atoms with Crippen LogP contribution in [0.15, 0.2) is 6.07 Å². The SMILES string of the molecule is CNc1nc(N2CCSCC2C)c(Cl)cc1Cl. The third kappa shape index (κ3) is 2.75. The number of nitrogens with one attached hydrogen (secondary N) is 1. The highest BCUT2D eigenvalue weighted by molar-refractivity contribution is 7.99. The van der Waals surface area contributed by atoms with Gasteiger partial charge in [0.25, 0.3) is 0 Å².